The van der Waals surface area contributed by atoms with Gasteiger partial charge in [-0.05, 0) is 37.1 Å². The summed E-state index contributed by atoms with van der Waals surface area (Å²) in [5.74, 6) is 1.66. The first-order valence-corrected chi connectivity index (χ1v) is 8.32. The average Bonchev–Trinajstić information content (AvgIpc) is 2.59. The van der Waals surface area contributed by atoms with Crippen LogP contribution in [0.2, 0.25) is 5.02 Å². The number of ether oxygens (including phenoxy) is 3. The average molecular weight is 364 g/mol. The Bertz CT molecular complexity index is 733. The van der Waals surface area contributed by atoms with E-state index in [0.717, 1.165) is 11.3 Å². The van der Waals surface area contributed by atoms with Gasteiger partial charge in [-0.15, -0.1) is 0 Å². The van der Waals surface area contributed by atoms with Gasteiger partial charge in [-0.25, -0.2) is 0 Å². The highest BCUT2D eigenvalue weighted by Gasteiger charge is 2.12. The van der Waals surface area contributed by atoms with E-state index in [2.05, 4.69) is 5.32 Å². The van der Waals surface area contributed by atoms with Gasteiger partial charge in [0.15, 0.2) is 0 Å². The van der Waals surface area contributed by atoms with E-state index in [1.165, 1.54) is 14.2 Å². The molecule has 0 aliphatic heterocycles. The van der Waals surface area contributed by atoms with Crippen molar-refractivity contribution in [2.24, 2.45) is 0 Å². The van der Waals surface area contributed by atoms with Crippen LogP contribution in [0.1, 0.15) is 18.4 Å². The van der Waals surface area contributed by atoms with Crippen molar-refractivity contribution in [1.29, 1.82) is 0 Å². The quantitative estimate of drug-likeness (QED) is 0.703. The second kappa shape index (κ2) is 9.18. The minimum Gasteiger partial charge on any atom is -0.495 e. The van der Waals surface area contributed by atoms with E-state index in [9.17, 15) is 4.79 Å². The van der Waals surface area contributed by atoms with E-state index < -0.39 is 0 Å². The summed E-state index contributed by atoms with van der Waals surface area (Å²) < 4.78 is 16.0. The SMILES string of the molecule is COc1cc(OC)c(NC(=O)CCCOc2cccc(C)c2)cc1Cl. The van der Waals surface area contributed by atoms with Gasteiger partial charge in [0, 0.05) is 12.5 Å². The maximum atomic E-state index is 12.1. The molecule has 0 bridgehead atoms. The molecule has 0 saturated heterocycles. The molecule has 0 saturated carbocycles. The topological polar surface area (TPSA) is 56.8 Å². The van der Waals surface area contributed by atoms with E-state index in [1.54, 1.807) is 12.1 Å². The number of carbonyl (C=O) groups excluding carboxylic acids is 1. The molecule has 0 heterocycles. The molecule has 0 unspecified atom stereocenters. The van der Waals surface area contributed by atoms with Crippen LogP contribution in [0.4, 0.5) is 5.69 Å². The highest BCUT2D eigenvalue weighted by atomic mass is 35.5. The second-order valence-electron chi connectivity index (χ2n) is 5.50. The van der Waals surface area contributed by atoms with Crippen molar-refractivity contribution >= 4 is 23.2 Å². The second-order valence-corrected chi connectivity index (χ2v) is 5.91. The number of nitrogens with one attached hydrogen (secondary N) is 1. The summed E-state index contributed by atoms with van der Waals surface area (Å²) in [5, 5.41) is 3.21. The zero-order valence-corrected chi connectivity index (χ0v) is 15.4. The molecular weight excluding hydrogens is 342 g/mol. The molecule has 0 aromatic heterocycles. The van der Waals surface area contributed by atoms with E-state index in [-0.39, 0.29) is 5.91 Å². The number of benzene rings is 2. The van der Waals surface area contributed by atoms with Crippen LogP contribution in [0.15, 0.2) is 36.4 Å². The number of hydrogen-bond acceptors (Lipinski definition) is 4. The first-order valence-electron chi connectivity index (χ1n) is 7.94. The van der Waals surface area contributed by atoms with Gasteiger partial charge in [0.25, 0.3) is 0 Å². The molecule has 1 amide bonds. The highest BCUT2D eigenvalue weighted by Crippen LogP contribution is 2.35. The molecule has 134 valence electrons. The van der Waals surface area contributed by atoms with Crippen LogP contribution in [0.5, 0.6) is 17.2 Å². The first-order chi connectivity index (χ1) is 12.0. The van der Waals surface area contributed by atoms with Crippen molar-refractivity contribution in [2.75, 3.05) is 26.1 Å². The summed E-state index contributed by atoms with van der Waals surface area (Å²) in [6.07, 6.45) is 0.935. The monoisotopic (exact) mass is 363 g/mol. The van der Waals surface area contributed by atoms with E-state index in [0.29, 0.717) is 41.7 Å². The molecule has 25 heavy (non-hydrogen) atoms. The Morgan fingerprint density at radius 1 is 1.12 bits per heavy atom. The smallest absolute Gasteiger partial charge is 0.224 e. The number of hydrogen-bond donors (Lipinski definition) is 1. The van der Waals surface area contributed by atoms with Crippen molar-refractivity contribution in [2.45, 2.75) is 19.8 Å². The Morgan fingerprint density at radius 3 is 2.56 bits per heavy atom. The lowest BCUT2D eigenvalue weighted by Gasteiger charge is -2.13. The molecule has 0 aliphatic rings. The fourth-order valence-electron chi connectivity index (χ4n) is 2.30. The number of aryl methyl sites for hydroxylation is 1. The molecule has 0 atom stereocenters. The van der Waals surface area contributed by atoms with Gasteiger partial charge < -0.3 is 19.5 Å². The molecule has 2 rings (SSSR count). The van der Waals surface area contributed by atoms with Crippen molar-refractivity contribution < 1.29 is 19.0 Å². The van der Waals surface area contributed by atoms with Crippen molar-refractivity contribution in [3.63, 3.8) is 0 Å². The number of amides is 1. The molecule has 2 aromatic rings. The number of carbonyl (C=O) groups is 1. The van der Waals surface area contributed by atoms with Crippen LogP contribution < -0.4 is 19.5 Å². The lowest BCUT2D eigenvalue weighted by Crippen LogP contribution is -2.13. The predicted octanol–water partition coefficient (Wildman–Crippen LogP) is 4.46. The van der Waals surface area contributed by atoms with Crippen LogP contribution in [0.25, 0.3) is 0 Å². The minimum atomic E-state index is -0.132. The third-order valence-electron chi connectivity index (χ3n) is 3.55. The summed E-state index contributed by atoms with van der Waals surface area (Å²) in [7, 11) is 3.04. The van der Waals surface area contributed by atoms with Gasteiger partial charge in [-0.3, -0.25) is 4.79 Å². The van der Waals surface area contributed by atoms with Gasteiger partial charge in [-0.1, -0.05) is 23.7 Å². The van der Waals surface area contributed by atoms with Gasteiger partial charge in [-0.2, -0.15) is 0 Å². The Hall–Kier alpha value is -2.40. The summed E-state index contributed by atoms with van der Waals surface area (Å²) >= 11 is 6.10. The van der Waals surface area contributed by atoms with Gasteiger partial charge in [0.05, 0.1) is 31.5 Å². The lowest BCUT2D eigenvalue weighted by molar-refractivity contribution is -0.116. The Balaban J connectivity index is 1.85. The summed E-state index contributed by atoms with van der Waals surface area (Å²) in [5.41, 5.74) is 1.65. The zero-order valence-electron chi connectivity index (χ0n) is 14.6. The largest absolute Gasteiger partial charge is 0.495 e. The molecule has 5 nitrogen and oxygen atoms in total. The van der Waals surface area contributed by atoms with Crippen molar-refractivity contribution in [3.8, 4) is 17.2 Å². The fourth-order valence-corrected chi connectivity index (χ4v) is 2.54. The van der Waals surface area contributed by atoms with Crippen molar-refractivity contribution in [3.05, 3.63) is 47.0 Å². The maximum Gasteiger partial charge on any atom is 0.224 e. The zero-order chi connectivity index (χ0) is 18.2. The van der Waals surface area contributed by atoms with Crippen LogP contribution in [-0.4, -0.2) is 26.7 Å². The molecule has 2 aromatic carbocycles. The Labute approximate surface area is 152 Å². The van der Waals surface area contributed by atoms with Crippen LogP contribution in [0, 0.1) is 6.92 Å². The number of anilines is 1. The van der Waals surface area contributed by atoms with Crippen LogP contribution in [0.3, 0.4) is 0 Å². The Morgan fingerprint density at radius 2 is 1.88 bits per heavy atom. The molecular formula is C19H22ClNO4. The van der Waals surface area contributed by atoms with E-state index >= 15 is 0 Å². The summed E-state index contributed by atoms with van der Waals surface area (Å²) in [4.78, 5) is 12.1. The molecule has 0 aliphatic carbocycles. The molecule has 0 fully saturated rings. The van der Waals surface area contributed by atoms with Crippen molar-refractivity contribution in [1.82, 2.24) is 0 Å². The number of rotatable bonds is 8. The van der Waals surface area contributed by atoms with Crippen LogP contribution in [-0.2, 0) is 4.79 Å². The summed E-state index contributed by atoms with van der Waals surface area (Å²) in [6, 6.07) is 11.1. The van der Waals surface area contributed by atoms with E-state index in [4.69, 9.17) is 25.8 Å². The molecule has 0 spiro atoms. The van der Waals surface area contributed by atoms with E-state index in [1.807, 2.05) is 31.2 Å². The minimum absolute atomic E-state index is 0.132. The van der Waals surface area contributed by atoms with Gasteiger partial charge >= 0.3 is 0 Å². The third kappa shape index (κ3) is 5.57. The number of methoxy groups -OCH3 is 2. The molecule has 0 radical (unpaired) electrons. The first kappa shape index (κ1) is 18.9. The van der Waals surface area contributed by atoms with Crippen LogP contribution >= 0.6 is 11.6 Å². The lowest BCUT2D eigenvalue weighted by atomic mass is 10.2. The standard InChI is InChI=1S/C19H22ClNO4/c1-13-6-4-7-14(10-13)25-9-5-8-19(22)21-16-11-15(20)17(23-2)12-18(16)24-3/h4,6-7,10-12H,5,8-9H2,1-3H3,(H,21,22). The third-order valence-corrected chi connectivity index (χ3v) is 3.85. The fraction of sp³-hybridized carbons (Fsp3) is 0.316. The Kier molecular flexibility index (Phi) is 6.95. The summed E-state index contributed by atoms with van der Waals surface area (Å²) in [6.45, 7) is 2.48. The van der Waals surface area contributed by atoms with Gasteiger partial charge in [0.1, 0.15) is 17.2 Å². The number of halogens is 1. The highest BCUT2D eigenvalue weighted by molar-refractivity contribution is 6.32. The predicted molar refractivity (Wildman–Crippen MR) is 99.1 cm³/mol. The normalized spacial score (nSPS) is 10.2. The molecule has 6 heteroatoms. The maximum absolute atomic E-state index is 12.1. The molecule has 1 N–H and O–H groups in total. The van der Waals surface area contributed by atoms with Gasteiger partial charge in [0.2, 0.25) is 5.91 Å².